The van der Waals surface area contributed by atoms with E-state index in [0.717, 1.165) is 34.1 Å². The van der Waals surface area contributed by atoms with E-state index in [2.05, 4.69) is 242 Å². The third-order valence-electron chi connectivity index (χ3n) is 14.3. The molecule has 1 aliphatic carbocycles. The van der Waals surface area contributed by atoms with E-state index in [-0.39, 0.29) is 5.41 Å². The average molecular weight is 923 g/mol. The standard InChI is InChI=1S/C63H42N2S3/c1-63(2)55-15-7-3-11-47(55)53-35-43(29-33-56(53)63)64(45-27-31-51-48-12-4-8-16-57(48)67-61(51)37-45)41-23-19-39(20-24-41)40-21-25-42(26-22-40)65(44-30-34-60-54(36-44)50-14-6-10-18-59(50)66-60)46-28-32-52-49-13-5-9-17-58(49)68-62(52)38-46/h3-38H,1-2H3. The summed E-state index contributed by atoms with van der Waals surface area (Å²) in [7, 11) is 0. The van der Waals surface area contributed by atoms with Crippen molar-refractivity contribution in [2.75, 3.05) is 9.80 Å². The quantitative estimate of drug-likeness (QED) is 0.157. The van der Waals surface area contributed by atoms with Gasteiger partial charge in [0, 0.05) is 100 Å². The minimum Gasteiger partial charge on any atom is -0.310 e. The molecule has 0 bridgehead atoms. The number of thiophene rings is 3. The molecule has 0 saturated heterocycles. The summed E-state index contributed by atoms with van der Waals surface area (Å²) in [4.78, 5) is 4.85. The van der Waals surface area contributed by atoms with Gasteiger partial charge >= 0.3 is 0 Å². The normalized spacial score (nSPS) is 13.0. The summed E-state index contributed by atoms with van der Waals surface area (Å²) in [6.45, 7) is 4.70. The Morgan fingerprint density at radius 2 is 0.662 bits per heavy atom. The highest BCUT2D eigenvalue weighted by Crippen LogP contribution is 2.51. The minimum absolute atomic E-state index is 0.0568. The molecule has 0 unspecified atom stereocenters. The van der Waals surface area contributed by atoms with Crippen LogP contribution in [0.15, 0.2) is 218 Å². The summed E-state index contributed by atoms with van der Waals surface area (Å²) < 4.78 is 7.83. The van der Waals surface area contributed by atoms with E-state index < -0.39 is 0 Å². The van der Waals surface area contributed by atoms with Crippen molar-refractivity contribution in [1.82, 2.24) is 0 Å². The van der Waals surface area contributed by atoms with Crippen LogP contribution in [0.3, 0.4) is 0 Å². The first-order valence-electron chi connectivity index (χ1n) is 23.2. The van der Waals surface area contributed by atoms with Crippen molar-refractivity contribution in [3.63, 3.8) is 0 Å². The molecule has 0 spiro atoms. The van der Waals surface area contributed by atoms with Gasteiger partial charge in [-0.15, -0.1) is 34.0 Å². The molecular weight excluding hydrogens is 881 g/mol. The molecule has 3 heterocycles. The topological polar surface area (TPSA) is 6.48 Å². The molecule has 0 fully saturated rings. The largest absolute Gasteiger partial charge is 0.310 e. The van der Waals surface area contributed by atoms with Crippen LogP contribution in [-0.4, -0.2) is 0 Å². The van der Waals surface area contributed by atoms with E-state index in [9.17, 15) is 0 Å². The molecule has 2 nitrogen and oxygen atoms in total. The number of hydrogen-bond donors (Lipinski definition) is 0. The molecule has 14 rings (SSSR count). The summed E-state index contributed by atoms with van der Waals surface area (Å²) in [5.74, 6) is 0. The molecule has 5 heteroatoms. The van der Waals surface area contributed by atoms with Crippen LogP contribution < -0.4 is 9.80 Å². The molecule has 10 aromatic carbocycles. The van der Waals surface area contributed by atoms with Crippen LogP contribution in [0.25, 0.3) is 82.8 Å². The second-order valence-corrected chi connectivity index (χ2v) is 21.8. The molecule has 0 atom stereocenters. The second kappa shape index (κ2) is 15.2. The Bertz CT molecular complexity index is 4130. The number of benzene rings is 10. The Morgan fingerprint density at radius 3 is 1.24 bits per heavy atom. The SMILES string of the molecule is CC1(C)c2ccccc2-c2cc(N(c3ccc(-c4ccc(N(c5ccc6c(c5)sc5ccccc56)c5ccc6sc7ccccc7c6c5)cc4)cc3)c3ccc4c(c3)sc3ccccc34)ccc21. The molecule has 1 aliphatic rings. The van der Waals surface area contributed by atoms with Crippen LogP contribution in [0.2, 0.25) is 0 Å². The minimum atomic E-state index is -0.0568. The zero-order valence-electron chi connectivity index (χ0n) is 37.4. The second-order valence-electron chi connectivity index (χ2n) is 18.5. The molecule has 0 aliphatic heterocycles. The summed E-state index contributed by atoms with van der Waals surface area (Å²) in [6.07, 6.45) is 0. The average Bonchev–Trinajstić information content (AvgIpc) is 4.12. The molecular formula is C63H42N2S3. The maximum atomic E-state index is 2.43. The predicted octanol–water partition coefficient (Wildman–Crippen LogP) is 19.7. The molecule has 13 aromatic rings. The molecule has 0 amide bonds. The predicted molar refractivity (Wildman–Crippen MR) is 297 cm³/mol. The zero-order chi connectivity index (χ0) is 45.1. The molecule has 0 radical (unpaired) electrons. The maximum Gasteiger partial charge on any atom is 0.0476 e. The fourth-order valence-corrected chi connectivity index (χ4v) is 14.3. The van der Waals surface area contributed by atoms with Gasteiger partial charge in [-0.05, 0) is 130 Å². The van der Waals surface area contributed by atoms with Gasteiger partial charge < -0.3 is 9.80 Å². The van der Waals surface area contributed by atoms with Crippen molar-refractivity contribution < 1.29 is 0 Å². The van der Waals surface area contributed by atoms with Crippen molar-refractivity contribution in [3.05, 3.63) is 230 Å². The summed E-state index contributed by atoms with van der Waals surface area (Å²) >= 11 is 5.59. The fourth-order valence-electron chi connectivity index (χ4n) is 10.9. The van der Waals surface area contributed by atoms with E-state index in [4.69, 9.17) is 0 Å². The Kier molecular flexibility index (Phi) is 8.88. The van der Waals surface area contributed by atoms with Gasteiger partial charge in [-0.3, -0.25) is 0 Å². The molecule has 68 heavy (non-hydrogen) atoms. The van der Waals surface area contributed by atoms with Crippen LogP contribution >= 0.6 is 34.0 Å². The van der Waals surface area contributed by atoms with Crippen molar-refractivity contribution in [1.29, 1.82) is 0 Å². The van der Waals surface area contributed by atoms with Gasteiger partial charge in [-0.25, -0.2) is 0 Å². The number of nitrogens with zero attached hydrogens (tertiary/aromatic N) is 2. The fraction of sp³-hybridized carbons (Fsp3) is 0.0476. The molecule has 0 saturated carbocycles. The molecule has 3 aromatic heterocycles. The lowest BCUT2D eigenvalue weighted by Gasteiger charge is -2.27. The zero-order valence-corrected chi connectivity index (χ0v) is 39.9. The van der Waals surface area contributed by atoms with Crippen LogP contribution in [0.4, 0.5) is 34.1 Å². The first-order chi connectivity index (χ1) is 33.4. The lowest BCUT2D eigenvalue weighted by Crippen LogP contribution is -2.15. The smallest absolute Gasteiger partial charge is 0.0476 e. The lowest BCUT2D eigenvalue weighted by molar-refractivity contribution is 0.660. The maximum absolute atomic E-state index is 2.43. The van der Waals surface area contributed by atoms with Crippen LogP contribution in [-0.2, 0) is 5.41 Å². The highest BCUT2D eigenvalue weighted by molar-refractivity contribution is 7.26. The van der Waals surface area contributed by atoms with Crippen molar-refractivity contribution >= 4 is 129 Å². The monoisotopic (exact) mass is 922 g/mol. The van der Waals surface area contributed by atoms with Crippen LogP contribution in [0.1, 0.15) is 25.0 Å². The summed E-state index contributed by atoms with van der Waals surface area (Å²) in [5, 5.41) is 7.83. The van der Waals surface area contributed by atoms with Crippen molar-refractivity contribution in [2.45, 2.75) is 19.3 Å². The lowest BCUT2D eigenvalue weighted by atomic mass is 9.82. The Balaban J connectivity index is 0.855. The number of fused-ring (bicyclic) bond motifs is 12. The van der Waals surface area contributed by atoms with Gasteiger partial charge in [0.1, 0.15) is 0 Å². The van der Waals surface area contributed by atoms with E-state index in [1.807, 2.05) is 34.0 Å². The first kappa shape index (κ1) is 39.6. The first-order valence-corrected chi connectivity index (χ1v) is 25.7. The van der Waals surface area contributed by atoms with Gasteiger partial charge in [0.15, 0.2) is 0 Å². The third-order valence-corrected chi connectivity index (χ3v) is 17.7. The highest BCUT2D eigenvalue weighted by Gasteiger charge is 2.35. The number of anilines is 6. The van der Waals surface area contributed by atoms with Gasteiger partial charge in [0.25, 0.3) is 0 Å². The van der Waals surface area contributed by atoms with Crippen LogP contribution in [0, 0.1) is 0 Å². The Morgan fingerprint density at radius 1 is 0.279 bits per heavy atom. The van der Waals surface area contributed by atoms with Crippen LogP contribution in [0.5, 0.6) is 0 Å². The summed E-state index contributed by atoms with van der Waals surface area (Å²) in [5.41, 5.74) is 14.5. The Hall–Kier alpha value is -7.54. The Labute approximate surface area is 406 Å². The van der Waals surface area contributed by atoms with Crippen molar-refractivity contribution in [3.8, 4) is 22.3 Å². The van der Waals surface area contributed by atoms with Crippen molar-refractivity contribution in [2.24, 2.45) is 0 Å². The highest BCUT2D eigenvalue weighted by atomic mass is 32.1. The van der Waals surface area contributed by atoms with Gasteiger partial charge in [0.2, 0.25) is 0 Å². The van der Waals surface area contributed by atoms with E-state index >= 15 is 0 Å². The number of rotatable bonds is 7. The van der Waals surface area contributed by atoms with Gasteiger partial charge in [-0.1, -0.05) is 135 Å². The third kappa shape index (κ3) is 6.20. The molecule has 322 valence electrons. The van der Waals surface area contributed by atoms with Gasteiger partial charge in [0.05, 0.1) is 0 Å². The van der Waals surface area contributed by atoms with Gasteiger partial charge in [-0.2, -0.15) is 0 Å². The van der Waals surface area contributed by atoms with E-state index in [1.54, 1.807) is 0 Å². The number of hydrogen-bond acceptors (Lipinski definition) is 5. The van der Waals surface area contributed by atoms with E-state index in [1.165, 1.54) is 93.9 Å². The van der Waals surface area contributed by atoms with E-state index in [0.29, 0.717) is 0 Å². The molecule has 0 N–H and O–H groups in total. The summed E-state index contributed by atoms with van der Waals surface area (Å²) in [6, 6.07) is 81.4.